The lowest BCUT2D eigenvalue weighted by Crippen LogP contribution is -2.53. The molecule has 2 nitrogen and oxygen atoms in total. The van der Waals surface area contributed by atoms with E-state index in [0.717, 1.165) is 53.9 Å². The van der Waals surface area contributed by atoms with Crippen molar-refractivity contribution in [3.05, 3.63) is 0 Å². The predicted molar refractivity (Wildman–Crippen MR) is 146 cm³/mol. The minimum atomic E-state index is 0.841. The van der Waals surface area contributed by atoms with Gasteiger partial charge >= 0.3 is 0 Å². The second-order valence-electron chi connectivity index (χ2n) is 14.0. The maximum absolute atomic E-state index is 4.08. The van der Waals surface area contributed by atoms with E-state index in [0.29, 0.717) is 0 Å². The van der Waals surface area contributed by atoms with E-state index in [2.05, 4.69) is 24.1 Å². The van der Waals surface area contributed by atoms with Crippen LogP contribution in [0.15, 0.2) is 0 Å². The fourth-order valence-corrected chi connectivity index (χ4v) is 9.21. The molecule has 0 unspecified atom stereocenters. The lowest BCUT2D eigenvalue weighted by Gasteiger charge is -2.50. The number of rotatable bonds is 6. The van der Waals surface area contributed by atoms with Crippen molar-refractivity contribution in [3.8, 4) is 0 Å². The Morgan fingerprint density at radius 2 is 0.794 bits per heavy atom. The van der Waals surface area contributed by atoms with Crippen molar-refractivity contribution in [2.75, 3.05) is 0 Å². The van der Waals surface area contributed by atoms with Crippen LogP contribution >= 0.6 is 0 Å². The Labute approximate surface area is 212 Å². The van der Waals surface area contributed by atoms with Gasteiger partial charge in [-0.15, -0.1) is 0 Å². The predicted octanol–water partition coefficient (Wildman–Crippen LogP) is 8.49. The van der Waals surface area contributed by atoms with Crippen LogP contribution in [0.5, 0.6) is 0 Å². The third kappa shape index (κ3) is 6.62. The van der Waals surface area contributed by atoms with E-state index < -0.39 is 0 Å². The third-order valence-electron chi connectivity index (χ3n) is 11.5. The van der Waals surface area contributed by atoms with Gasteiger partial charge in [0.15, 0.2) is 0 Å². The van der Waals surface area contributed by atoms with E-state index >= 15 is 0 Å². The van der Waals surface area contributed by atoms with E-state index in [4.69, 9.17) is 0 Å². The second kappa shape index (κ2) is 12.4. The minimum Gasteiger partial charge on any atom is -0.311 e. The zero-order valence-corrected chi connectivity index (χ0v) is 23.0. The average molecular weight is 471 g/mol. The number of nitrogens with one attached hydrogen (secondary N) is 1. The summed E-state index contributed by atoms with van der Waals surface area (Å²) < 4.78 is 0. The Morgan fingerprint density at radius 1 is 0.412 bits per heavy atom. The molecule has 196 valence electrons. The Balaban J connectivity index is 1.11. The molecule has 34 heavy (non-hydrogen) atoms. The fraction of sp³-hybridized carbons (Fsp3) is 1.00. The molecule has 0 aromatic heterocycles. The molecule has 0 aliphatic heterocycles. The lowest BCUT2D eigenvalue weighted by molar-refractivity contribution is -0.000243. The van der Waals surface area contributed by atoms with Crippen LogP contribution in [0.2, 0.25) is 0 Å². The molecule has 0 aromatic carbocycles. The monoisotopic (exact) mass is 470 g/mol. The van der Waals surface area contributed by atoms with E-state index in [9.17, 15) is 0 Å². The van der Waals surface area contributed by atoms with Crippen LogP contribution < -0.4 is 5.32 Å². The van der Waals surface area contributed by atoms with Gasteiger partial charge in [0.1, 0.15) is 0 Å². The molecule has 0 aromatic rings. The molecule has 1 N–H and O–H groups in total. The number of hydrogen-bond donors (Lipinski definition) is 1. The van der Waals surface area contributed by atoms with E-state index in [-0.39, 0.29) is 0 Å². The molecule has 5 saturated carbocycles. The maximum atomic E-state index is 4.08. The maximum Gasteiger partial charge on any atom is 0.0101 e. The molecular formula is C32H58N2. The largest absolute Gasteiger partial charge is 0.311 e. The van der Waals surface area contributed by atoms with Crippen LogP contribution in [0.1, 0.15) is 149 Å². The molecular weight excluding hydrogens is 412 g/mol. The quantitative estimate of drug-likeness (QED) is 0.418. The molecule has 5 aliphatic carbocycles. The minimum absolute atomic E-state index is 0.841. The molecule has 0 bridgehead atoms. The Kier molecular flexibility index (Phi) is 9.36. The molecule has 0 amide bonds. The average Bonchev–Trinajstić information content (AvgIpc) is 2.88. The third-order valence-corrected chi connectivity index (χ3v) is 11.5. The summed E-state index contributed by atoms with van der Waals surface area (Å²) in [4.78, 5) is 3.18. The van der Waals surface area contributed by atoms with Crippen molar-refractivity contribution in [2.45, 2.75) is 179 Å². The fourth-order valence-electron chi connectivity index (χ4n) is 9.21. The zero-order chi connectivity index (χ0) is 23.3. The van der Waals surface area contributed by atoms with Gasteiger partial charge in [-0.2, -0.15) is 0 Å². The lowest BCUT2D eigenvalue weighted by atomic mass is 9.70. The highest BCUT2D eigenvalue weighted by Gasteiger charge is 2.39. The molecule has 0 radical (unpaired) electrons. The van der Waals surface area contributed by atoms with Gasteiger partial charge in [-0.3, -0.25) is 4.90 Å². The van der Waals surface area contributed by atoms with Crippen molar-refractivity contribution in [1.29, 1.82) is 0 Å². The second-order valence-corrected chi connectivity index (χ2v) is 14.0. The van der Waals surface area contributed by atoms with Crippen LogP contribution in [-0.4, -0.2) is 35.1 Å². The summed E-state index contributed by atoms with van der Waals surface area (Å²) in [7, 11) is 0. The van der Waals surface area contributed by atoms with Crippen LogP contribution in [0.25, 0.3) is 0 Å². The van der Waals surface area contributed by atoms with Crippen molar-refractivity contribution in [1.82, 2.24) is 10.2 Å². The Hall–Kier alpha value is -0.0800. The van der Waals surface area contributed by atoms with E-state index in [1.165, 1.54) is 122 Å². The van der Waals surface area contributed by atoms with Gasteiger partial charge < -0.3 is 5.32 Å². The molecule has 0 atom stereocenters. The van der Waals surface area contributed by atoms with Gasteiger partial charge in [-0.1, -0.05) is 33.1 Å². The first-order chi connectivity index (χ1) is 16.7. The molecule has 0 saturated heterocycles. The van der Waals surface area contributed by atoms with Gasteiger partial charge in [0.2, 0.25) is 0 Å². The van der Waals surface area contributed by atoms with Crippen molar-refractivity contribution in [2.24, 2.45) is 23.7 Å². The van der Waals surface area contributed by atoms with Crippen LogP contribution in [0.3, 0.4) is 0 Å². The SMILES string of the molecule is CC1CCC(N(C2CCC(C)CC2)C2CCC(C3CCC(NC4CCCCC4)CC3)CC2)CC1. The normalized spacial score (nSPS) is 43.1. The highest BCUT2D eigenvalue weighted by molar-refractivity contribution is 4.93. The first kappa shape index (κ1) is 25.6. The van der Waals surface area contributed by atoms with Gasteiger partial charge in [-0.05, 0) is 139 Å². The molecule has 0 heterocycles. The summed E-state index contributed by atoms with van der Waals surface area (Å²) in [6.07, 6.45) is 31.3. The number of hydrogen-bond acceptors (Lipinski definition) is 2. The van der Waals surface area contributed by atoms with E-state index in [1.807, 2.05) is 0 Å². The van der Waals surface area contributed by atoms with Crippen molar-refractivity contribution in [3.63, 3.8) is 0 Å². The molecule has 5 rings (SSSR count). The standard InChI is InChI=1S/C32H58N2/c1-24-8-18-30(19-9-24)34(31-20-10-25(2)11-21-31)32-22-14-27(15-23-32)26-12-16-29(17-13-26)33-28-6-4-3-5-7-28/h24-33H,3-23H2,1-2H3. The van der Waals surface area contributed by atoms with Crippen LogP contribution in [0, 0.1) is 23.7 Å². The molecule has 5 aliphatic rings. The van der Waals surface area contributed by atoms with Gasteiger partial charge in [0, 0.05) is 30.2 Å². The Bertz CT molecular complexity index is 544. The van der Waals surface area contributed by atoms with E-state index in [1.54, 1.807) is 12.8 Å². The number of nitrogens with zero attached hydrogens (tertiary/aromatic N) is 1. The zero-order valence-electron chi connectivity index (χ0n) is 23.0. The summed E-state index contributed by atoms with van der Waals surface area (Å²) in [6, 6.07) is 4.43. The summed E-state index contributed by atoms with van der Waals surface area (Å²) in [5, 5.41) is 4.08. The Morgan fingerprint density at radius 3 is 1.26 bits per heavy atom. The van der Waals surface area contributed by atoms with Crippen molar-refractivity contribution >= 4 is 0 Å². The molecule has 0 spiro atoms. The van der Waals surface area contributed by atoms with Crippen molar-refractivity contribution < 1.29 is 0 Å². The highest BCUT2D eigenvalue weighted by Crippen LogP contribution is 2.43. The van der Waals surface area contributed by atoms with Crippen LogP contribution in [-0.2, 0) is 0 Å². The smallest absolute Gasteiger partial charge is 0.0101 e. The topological polar surface area (TPSA) is 15.3 Å². The summed E-state index contributed by atoms with van der Waals surface area (Å²) in [6.45, 7) is 4.99. The molecule has 5 fully saturated rings. The van der Waals surface area contributed by atoms with Gasteiger partial charge in [0.05, 0.1) is 0 Å². The first-order valence-electron chi connectivity index (χ1n) is 16.2. The van der Waals surface area contributed by atoms with Gasteiger partial charge in [-0.25, -0.2) is 0 Å². The summed E-state index contributed by atoms with van der Waals surface area (Å²) in [5.74, 6) is 4.04. The summed E-state index contributed by atoms with van der Waals surface area (Å²) in [5.41, 5.74) is 0. The highest BCUT2D eigenvalue weighted by atomic mass is 15.2. The summed E-state index contributed by atoms with van der Waals surface area (Å²) >= 11 is 0. The first-order valence-corrected chi connectivity index (χ1v) is 16.2. The molecule has 2 heteroatoms. The van der Waals surface area contributed by atoms with Gasteiger partial charge in [0.25, 0.3) is 0 Å². The van der Waals surface area contributed by atoms with Crippen LogP contribution in [0.4, 0.5) is 0 Å².